The van der Waals surface area contributed by atoms with Crippen LogP contribution in [0.1, 0.15) is 25.1 Å². The summed E-state index contributed by atoms with van der Waals surface area (Å²) in [5.74, 6) is 0.683. The highest BCUT2D eigenvalue weighted by Crippen LogP contribution is 2.23. The Balaban J connectivity index is 2.52. The van der Waals surface area contributed by atoms with Crippen molar-refractivity contribution in [3.8, 4) is 0 Å². The van der Waals surface area contributed by atoms with Crippen molar-refractivity contribution in [3.63, 3.8) is 0 Å². The van der Waals surface area contributed by atoms with Gasteiger partial charge < -0.3 is 5.73 Å². The summed E-state index contributed by atoms with van der Waals surface area (Å²) in [5.41, 5.74) is 5.82. The van der Waals surface area contributed by atoms with Crippen LogP contribution in [0.5, 0.6) is 0 Å². The Kier molecular flexibility index (Phi) is 5.76. The van der Waals surface area contributed by atoms with Gasteiger partial charge in [-0.3, -0.25) is 4.90 Å². The van der Waals surface area contributed by atoms with Gasteiger partial charge in [0.15, 0.2) is 0 Å². The van der Waals surface area contributed by atoms with Crippen LogP contribution in [-0.4, -0.2) is 24.5 Å². The van der Waals surface area contributed by atoms with Crippen molar-refractivity contribution >= 4 is 22.9 Å². The summed E-state index contributed by atoms with van der Waals surface area (Å²) in [4.78, 5) is 3.62. The maximum Gasteiger partial charge on any atom is 0.0931 e. The van der Waals surface area contributed by atoms with E-state index in [9.17, 15) is 0 Å². The fourth-order valence-corrected chi connectivity index (χ4v) is 2.96. The molecular formula is C12H21ClN2S. The first-order valence-electron chi connectivity index (χ1n) is 5.67. The molecule has 0 saturated carbocycles. The highest BCUT2D eigenvalue weighted by Gasteiger charge is 2.15. The Bertz CT molecular complexity index is 312. The van der Waals surface area contributed by atoms with E-state index in [1.165, 1.54) is 4.88 Å². The van der Waals surface area contributed by atoms with Crippen molar-refractivity contribution < 1.29 is 0 Å². The van der Waals surface area contributed by atoms with Gasteiger partial charge in [0.2, 0.25) is 0 Å². The predicted molar refractivity (Wildman–Crippen MR) is 73.1 cm³/mol. The van der Waals surface area contributed by atoms with Crippen LogP contribution in [-0.2, 0) is 6.54 Å². The second-order valence-electron chi connectivity index (χ2n) is 4.64. The molecule has 1 rings (SSSR count). The minimum atomic E-state index is 0.459. The smallest absolute Gasteiger partial charge is 0.0931 e. The molecular weight excluding hydrogens is 240 g/mol. The van der Waals surface area contributed by atoms with Crippen molar-refractivity contribution in [2.24, 2.45) is 11.7 Å². The molecule has 1 aromatic heterocycles. The molecule has 0 aromatic carbocycles. The van der Waals surface area contributed by atoms with Gasteiger partial charge in [-0.05, 0) is 31.5 Å². The van der Waals surface area contributed by atoms with Crippen LogP contribution < -0.4 is 5.73 Å². The van der Waals surface area contributed by atoms with Crippen molar-refractivity contribution in [3.05, 3.63) is 21.3 Å². The standard InChI is InChI=1S/C12H21ClN2S/c1-9(2)6-10(7-14)15(3)8-11-4-5-12(13)16-11/h4-5,9-10H,6-8,14H2,1-3H3. The number of thiophene rings is 1. The Morgan fingerprint density at radius 1 is 1.44 bits per heavy atom. The first-order chi connectivity index (χ1) is 7.52. The van der Waals surface area contributed by atoms with E-state index in [-0.39, 0.29) is 0 Å². The first kappa shape index (κ1) is 14.0. The quantitative estimate of drug-likeness (QED) is 0.851. The Morgan fingerprint density at radius 2 is 2.12 bits per heavy atom. The third kappa shape index (κ3) is 4.42. The van der Waals surface area contributed by atoms with Crippen LogP contribution >= 0.6 is 22.9 Å². The lowest BCUT2D eigenvalue weighted by atomic mass is 10.0. The van der Waals surface area contributed by atoms with Gasteiger partial charge in [0.05, 0.1) is 4.34 Å². The average molecular weight is 261 g/mol. The number of likely N-dealkylation sites (N-methyl/N-ethyl adjacent to an activating group) is 1. The fourth-order valence-electron chi connectivity index (χ4n) is 1.81. The molecule has 1 atom stereocenters. The normalized spacial score (nSPS) is 13.7. The van der Waals surface area contributed by atoms with E-state index in [0.29, 0.717) is 18.5 Å². The summed E-state index contributed by atoms with van der Waals surface area (Å²) < 4.78 is 0.858. The zero-order valence-corrected chi connectivity index (χ0v) is 11.8. The van der Waals surface area contributed by atoms with Crippen molar-refractivity contribution in [2.75, 3.05) is 13.6 Å². The maximum atomic E-state index is 5.92. The molecule has 92 valence electrons. The Hall–Kier alpha value is -0.0900. The van der Waals surface area contributed by atoms with Crippen LogP contribution in [0.2, 0.25) is 4.34 Å². The largest absolute Gasteiger partial charge is 0.329 e. The highest BCUT2D eigenvalue weighted by molar-refractivity contribution is 7.16. The summed E-state index contributed by atoms with van der Waals surface area (Å²) in [6.45, 7) is 6.12. The Labute approximate surface area is 107 Å². The molecule has 0 saturated heterocycles. The van der Waals surface area contributed by atoms with E-state index in [2.05, 4.69) is 31.9 Å². The molecule has 1 aromatic rings. The second-order valence-corrected chi connectivity index (χ2v) is 6.44. The molecule has 0 spiro atoms. The van der Waals surface area contributed by atoms with E-state index in [1.807, 2.05) is 6.07 Å². The van der Waals surface area contributed by atoms with Gasteiger partial charge >= 0.3 is 0 Å². The van der Waals surface area contributed by atoms with Gasteiger partial charge in [-0.25, -0.2) is 0 Å². The van der Waals surface area contributed by atoms with Crippen LogP contribution in [0, 0.1) is 5.92 Å². The van der Waals surface area contributed by atoms with Crippen LogP contribution in [0.25, 0.3) is 0 Å². The van der Waals surface area contributed by atoms with Gasteiger partial charge in [0.1, 0.15) is 0 Å². The third-order valence-corrected chi connectivity index (χ3v) is 3.89. The summed E-state index contributed by atoms with van der Waals surface area (Å²) >= 11 is 7.56. The minimum absolute atomic E-state index is 0.459. The Morgan fingerprint density at radius 3 is 2.56 bits per heavy atom. The van der Waals surface area contributed by atoms with Crippen LogP contribution in [0.3, 0.4) is 0 Å². The van der Waals surface area contributed by atoms with E-state index >= 15 is 0 Å². The number of rotatable bonds is 6. The molecule has 0 bridgehead atoms. The maximum absolute atomic E-state index is 5.92. The predicted octanol–water partition coefficient (Wildman–Crippen LogP) is 3.21. The van der Waals surface area contributed by atoms with Gasteiger partial charge in [0, 0.05) is 24.0 Å². The van der Waals surface area contributed by atoms with Crippen LogP contribution in [0.15, 0.2) is 12.1 Å². The minimum Gasteiger partial charge on any atom is -0.329 e. The average Bonchev–Trinajstić information content (AvgIpc) is 2.60. The number of hydrogen-bond acceptors (Lipinski definition) is 3. The second kappa shape index (κ2) is 6.60. The van der Waals surface area contributed by atoms with E-state index in [1.54, 1.807) is 11.3 Å². The zero-order chi connectivity index (χ0) is 12.1. The van der Waals surface area contributed by atoms with Crippen molar-refractivity contribution in [1.82, 2.24) is 4.90 Å². The zero-order valence-electron chi connectivity index (χ0n) is 10.2. The number of halogens is 1. The fraction of sp³-hybridized carbons (Fsp3) is 0.667. The number of nitrogens with two attached hydrogens (primary N) is 1. The van der Waals surface area contributed by atoms with Gasteiger partial charge in [0.25, 0.3) is 0 Å². The lowest BCUT2D eigenvalue weighted by Crippen LogP contribution is -2.38. The van der Waals surface area contributed by atoms with E-state index in [0.717, 1.165) is 17.3 Å². The molecule has 16 heavy (non-hydrogen) atoms. The molecule has 0 radical (unpaired) electrons. The molecule has 0 amide bonds. The lowest BCUT2D eigenvalue weighted by molar-refractivity contribution is 0.212. The molecule has 0 aliphatic heterocycles. The van der Waals surface area contributed by atoms with E-state index in [4.69, 9.17) is 17.3 Å². The molecule has 0 fully saturated rings. The summed E-state index contributed by atoms with van der Waals surface area (Å²) in [6.07, 6.45) is 1.14. The SMILES string of the molecule is CC(C)CC(CN)N(C)Cc1ccc(Cl)s1. The lowest BCUT2D eigenvalue weighted by Gasteiger charge is -2.27. The molecule has 1 unspecified atom stereocenters. The highest BCUT2D eigenvalue weighted by atomic mass is 35.5. The van der Waals surface area contributed by atoms with Gasteiger partial charge in [-0.2, -0.15) is 0 Å². The van der Waals surface area contributed by atoms with Crippen molar-refractivity contribution in [2.45, 2.75) is 32.9 Å². The topological polar surface area (TPSA) is 29.3 Å². The number of nitrogens with zero attached hydrogens (tertiary/aromatic N) is 1. The summed E-state index contributed by atoms with van der Waals surface area (Å²) in [7, 11) is 2.13. The third-order valence-electron chi connectivity index (χ3n) is 2.67. The molecule has 0 aliphatic carbocycles. The molecule has 1 heterocycles. The monoisotopic (exact) mass is 260 g/mol. The summed E-state index contributed by atoms with van der Waals surface area (Å²) in [6, 6.07) is 4.50. The molecule has 2 nitrogen and oxygen atoms in total. The van der Waals surface area contributed by atoms with Gasteiger partial charge in [-0.15, -0.1) is 11.3 Å². The molecule has 0 aliphatic rings. The van der Waals surface area contributed by atoms with Crippen molar-refractivity contribution in [1.29, 1.82) is 0 Å². The summed E-state index contributed by atoms with van der Waals surface area (Å²) in [5, 5.41) is 0. The van der Waals surface area contributed by atoms with Crippen LogP contribution in [0.4, 0.5) is 0 Å². The van der Waals surface area contributed by atoms with E-state index < -0.39 is 0 Å². The number of hydrogen-bond donors (Lipinski definition) is 1. The van der Waals surface area contributed by atoms with Gasteiger partial charge in [-0.1, -0.05) is 25.4 Å². The molecule has 2 N–H and O–H groups in total. The first-order valence-corrected chi connectivity index (χ1v) is 6.87. The molecule has 4 heteroatoms.